The van der Waals surface area contributed by atoms with Gasteiger partial charge in [0.05, 0.1) is 28.9 Å². The number of nitrogens with one attached hydrogen (secondary N) is 3. The highest BCUT2D eigenvalue weighted by molar-refractivity contribution is 8.00. The zero-order valence-corrected chi connectivity index (χ0v) is 31.9. The maximum atomic E-state index is 13.6. The minimum Gasteiger partial charge on any atom is -0.477 e. The molecule has 3 aliphatic rings. The van der Waals surface area contributed by atoms with Gasteiger partial charge in [-0.3, -0.25) is 19.3 Å². The summed E-state index contributed by atoms with van der Waals surface area (Å²) in [5, 5.41) is 17.6. The minimum absolute atomic E-state index is 0.0165. The van der Waals surface area contributed by atoms with E-state index in [1.54, 1.807) is 12.1 Å². The van der Waals surface area contributed by atoms with Crippen LogP contribution in [0.25, 0.3) is 22.3 Å². The Balaban J connectivity index is 0.964. The van der Waals surface area contributed by atoms with Gasteiger partial charge in [-0.1, -0.05) is 29.3 Å². The largest absolute Gasteiger partial charge is 0.477 e. The highest BCUT2D eigenvalue weighted by Crippen LogP contribution is 2.40. The Morgan fingerprint density at radius 2 is 1.85 bits per heavy atom. The van der Waals surface area contributed by atoms with Crippen LogP contribution >= 0.6 is 46.3 Å². The van der Waals surface area contributed by atoms with Crippen molar-refractivity contribution in [2.24, 2.45) is 0 Å². The fourth-order valence-corrected chi connectivity index (χ4v) is 8.99. The third-order valence-corrected chi connectivity index (χ3v) is 11.9. The van der Waals surface area contributed by atoms with Gasteiger partial charge >= 0.3 is 18.2 Å². The zero-order chi connectivity index (χ0) is 38.8. The number of aromatic amines is 1. The highest BCUT2D eigenvalue weighted by Gasteiger charge is 2.54. The number of carboxylic acids is 1. The minimum atomic E-state index is -1.35. The van der Waals surface area contributed by atoms with E-state index >= 15 is 0 Å². The first-order valence-corrected chi connectivity index (χ1v) is 19.8. The van der Waals surface area contributed by atoms with Crippen molar-refractivity contribution in [1.82, 2.24) is 30.4 Å². The number of carboxylic acid groups (broad SMARTS) is 1. The molecule has 2 saturated heterocycles. The van der Waals surface area contributed by atoms with Crippen LogP contribution in [0, 0.1) is 0 Å². The van der Waals surface area contributed by atoms with Gasteiger partial charge in [-0.15, -0.1) is 23.1 Å². The van der Waals surface area contributed by atoms with Gasteiger partial charge in [0.2, 0.25) is 5.91 Å². The van der Waals surface area contributed by atoms with E-state index in [0.29, 0.717) is 34.9 Å². The first-order chi connectivity index (χ1) is 26.5. The first-order valence-electron chi connectivity index (χ1n) is 17.1. The number of halogens is 2. The molecule has 2 aromatic carbocycles. The molecule has 3 atom stereocenters. The normalized spacial score (nSPS) is 19.4. The third-order valence-electron chi connectivity index (χ3n) is 9.26. The molecule has 4 aromatic rings. The summed E-state index contributed by atoms with van der Waals surface area (Å²) in [6, 6.07) is 11.6. The maximum Gasteiger partial charge on any atom is 0.415 e. The van der Waals surface area contributed by atoms with Crippen molar-refractivity contribution in [2.45, 2.75) is 43.1 Å². The number of thioether (sulfide) groups is 1. The number of thiophene rings is 1. The van der Waals surface area contributed by atoms with Crippen LogP contribution in [0.2, 0.25) is 10.0 Å². The van der Waals surface area contributed by atoms with Gasteiger partial charge in [-0.25, -0.2) is 19.4 Å². The number of β-lactam (4-membered cyclic amide) rings is 1. The van der Waals surface area contributed by atoms with Crippen LogP contribution in [0.15, 0.2) is 70.0 Å². The van der Waals surface area contributed by atoms with E-state index in [9.17, 15) is 33.9 Å². The number of alkyl carbamates (subject to hydrolysis) is 1. The molecule has 3 aliphatic heterocycles. The zero-order valence-electron chi connectivity index (χ0n) is 28.7. The Kier molecular flexibility index (Phi) is 11.3. The summed E-state index contributed by atoms with van der Waals surface area (Å²) >= 11 is 15.0. The van der Waals surface area contributed by atoms with Crippen molar-refractivity contribution < 1.29 is 38.6 Å². The number of likely N-dealkylation sites (tertiary alicyclic amines) is 1. The molecule has 55 heavy (non-hydrogen) atoms. The second kappa shape index (κ2) is 16.3. The van der Waals surface area contributed by atoms with E-state index in [1.165, 1.54) is 52.3 Å². The molecule has 2 aromatic heterocycles. The van der Waals surface area contributed by atoms with E-state index in [1.807, 2.05) is 17.5 Å². The molecule has 19 heteroatoms. The topological polar surface area (TPSA) is 200 Å². The number of carbonyl (C=O) groups excluding carboxylic acids is 4. The fourth-order valence-electron chi connectivity index (χ4n) is 6.62. The predicted octanol–water partition coefficient (Wildman–Crippen LogP) is 5.02. The van der Waals surface area contributed by atoms with Crippen molar-refractivity contribution in [1.29, 1.82) is 0 Å². The fraction of sp³-hybridized carbons (Fsp3) is 0.306. The van der Waals surface area contributed by atoms with Crippen LogP contribution in [0.1, 0.15) is 24.1 Å². The van der Waals surface area contributed by atoms with Crippen molar-refractivity contribution in [3.05, 3.63) is 90.5 Å². The van der Waals surface area contributed by atoms with E-state index < -0.39 is 47.1 Å². The van der Waals surface area contributed by atoms with E-state index in [0.717, 1.165) is 16.2 Å². The number of fused-ring (bicyclic) bond motifs is 2. The molecule has 2 fully saturated rings. The molecular weight excluding hydrogens is 795 g/mol. The lowest BCUT2D eigenvalue weighted by atomic mass is 10.0. The average Bonchev–Trinajstić information content (AvgIpc) is 3.68. The van der Waals surface area contributed by atoms with Crippen molar-refractivity contribution >= 4 is 87.2 Å². The van der Waals surface area contributed by atoms with Crippen LogP contribution in [0.3, 0.4) is 0 Å². The molecule has 4 N–H and O–H groups in total. The highest BCUT2D eigenvalue weighted by atomic mass is 35.5. The summed E-state index contributed by atoms with van der Waals surface area (Å²) in [7, 11) is 0. The molecule has 3 unspecified atom stereocenters. The molecule has 0 bridgehead atoms. The van der Waals surface area contributed by atoms with Gasteiger partial charge in [0, 0.05) is 39.3 Å². The van der Waals surface area contributed by atoms with Gasteiger partial charge in [0.25, 0.3) is 11.5 Å². The molecule has 0 spiro atoms. The molecule has 4 amide bonds. The molecule has 286 valence electrons. The summed E-state index contributed by atoms with van der Waals surface area (Å²) in [5.41, 5.74) is 0.171. The summed E-state index contributed by atoms with van der Waals surface area (Å²) in [6.07, 6.45) is 0.620. The van der Waals surface area contributed by atoms with Crippen LogP contribution in [-0.2, 0) is 25.5 Å². The first kappa shape index (κ1) is 38.2. The van der Waals surface area contributed by atoms with E-state index in [4.69, 9.17) is 32.7 Å². The molecule has 15 nitrogen and oxygen atoms in total. The number of nitrogens with zero attached hydrogens (tertiary/aromatic N) is 3. The van der Waals surface area contributed by atoms with Gasteiger partial charge in [-0.05, 0) is 67.1 Å². The quantitative estimate of drug-likeness (QED) is 0.157. The Labute approximate surface area is 331 Å². The van der Waals surface area contributed by atoms with E-state index in [-0.39, 0.29) is 65.0 Å². The Hall–Kier alpha value is -5.10. The van der Waals surface area contributed by atoms with E-state index in [2.05, 4.69) is 20.6 Å². The number of aliphatic carboxylic acids is 1. The number of amides is 4. The number of carbonyl (C=O) groups is 5. The monoisotopic (exact) mass is 826 g/mol. The number of ether oxygens (including phenoxy) is 2. The van der Waals surface area contributed by atoms with Crippen LogP contribution in [-0.4, -0.2) is 97.8 Å². The summed E-state index contributed by atoms with van der Waals surface area (Å²) in [6.45, 7) is -0.0235. The molecular formula is C36H32Cl2N6O9S2. The Bertz CT molecular complexity index is 2280. The maximum absolute atomic E-state index is 13.6. The molecule has 0 saturated carbocycles. The van der Waals surface area contributed by atoms with Gasteiger partial charge < -0.3 is 35.1 Å². The molecule has 0 radical (unpaired) electrons. The number of aromatic nitrogens is 2. The lowest BCUT2D eigenvalue weighted by Crippen LogP contribution is -2.70. The molecule has 0 aliphatic carbocycles. The lowest BCUT2D eigenvalue weighted by molar-refractivity contribution is -0.150. The summed E-state index contributed by atoms with van der Waals surface area (Å²) in [4.78, 5) is 87.8. The molecule has 7 rings (SSSR count). The summed E-state index contributed by atoms with van der Waals surface area (Å²) in [5.74, 6) is -1.85. The van der Waals surface area contributed by atoms with Crippen LogP contribution in [0.4, 0.5) is 9.59 Å². The van der Waals surface area contributed by atoms with Crippen molar-refractivity contribution in [2.75, 3.05) is 25.4 Å². The molecule has 5 heterocycles. The van der Waals surface area contributed by atoms with Crippen LogP contribution < -0.4 is 20.9 Å². The number of hydrogen-bond acceptors (Lipinski definition) is 11. The number of H-pyrrole nitrogens is 1. The number of benzene rings is 2. The number of hydrogen-bond donors (Lipinski definition) is 4. The second-order valence-corrected chi connectivity index (χ2v) is 15.9. The third kappa shape index (κ3) is 8.29. The second-order valence-electron chi connectivity index (χ2n) is 12.9. The van der Waals surface area contributed by atoms with Gasteiger partial charge in [-0.2, -0.15) is 0 Å². The van der Waals surface area contributed by atoms with Crippen LogP contribution in [0.5, 0.6) is 5.75 Å². The summed E-state index contributed by atoms with van der Waals surface area (Å²) < 4.78 is 11.2. The van der Waals surface area contributed by atoms with Gasteiger partial charge in [0.1, 0.15) is 35.3 Å². The Morgan fingerprint density at radius 1 is 1.05 bits per heavy atom. The predicted molar refractivity (Wildman–Crippen MR) is 205 cm³/mol. The SMILES string of the molecule is O=C(Cc1cccs1)NC1C(=O)N2C(C(=O)O)=C(COC(=O)NCC3CCCCN3C(=O)Oc3ccc(Cl)cc3-c3nc4ccc(Cl)cc4c(=O)[nH]3)CSC12. The smallest absolute Gasteiger partial charge is 0.415 e. The lowest BCUT2D eigenvalue weighted by Gasteiger charge is -2.49. The van der Waals surface area contributed by atoms with Crippen molar-refractivity contribution in [3.8, 4) is 17.1 Å². The van der Waals surface area contributed by atoms with Gasteiger partial charge in [0.15, 0.2) is 0 Å². The number of piperidine rings is 1. The standard InChI is InChI=1S/C36H32Cl2N6O9S2/c37-19-6-8-25-23(12-19)31(46)42-30(40-25)24-13-20(38)7-9-26(24)53-36(51)43-10-2-1-4-21(43)15-39-35(50)52-16-18-17-55-33-28(32(47)44(33)29(18)34(48)49)41-27(45)14-22-5-3-11-54-22/h3,5-9,11-13,21,28,33H,1-2,4,10,14-17H2,(H,39,50)(H,41,45)(H,48,49)(H,40,42,46). The Morgan fingerprint density at radius 3 is 2.64 bits per heavy atom. The number of rotatable bonds is 10. The van der Waals surface area contributed by atoms with Crippen molar-refractivity contribution in [3.63, 3.8) is 0 Å². The average molecular weight is 828 g/mol.